The van der Waals surface area contributed by atoms with E-state index in [1.54, 1.807) is 6.20 Å². The van der Waals surface area contributed by atoms with Crippen molar-refractivity contribution in [2.75, 3.05) is 12.9 Å². The van der Waals surface area contributed by atoms with Gasteiger partial charge in [-0.15, -0.1) is 11.6 Å². The Balaban J connectivity index is 1.77. The highest BCUT2D eigenvalue weighted by atomic mass is 35.5. The third-order valence-corrected chi connectivity index (χ3v) is 3.97. The highest BCUT2D eigenvalue weighted by molar-refractivity contribution is 6.27. The van der Waals surface area contributed by atoms with E-state index in [9.17, 15) is 9.59 Å². The first-order valence-corrected chi connectivity index (χ1v) is 7.84. The third-order valence-electron chi connectivity index (χ3n) is 3.74. The van der Waals surface area contributed by atoms with Crippen LogP contribution >= 0.6 is 11.6 Å². The van der Waals surface area contributed by atoms with Gasteiger partial charge in [0.15, 0.2) is 0 Å². The number of hydrogen-bond donors (Lipinski definition) is 1. The van der Waals surface area contributed by atoms with Gasteiger partial charge in [-0.05, 0) is 31.7 Å². The highest BCUT2D eigenvalue weighted by Crippen LogP contribution is 2.27. The molecular weight excluding hydrogens is 306 g/mol. The largest absolute Gasteiger partial charge is 0.474 e. The number of ether oxygens (including phenoxy) is 1. The van der Waals surface area contributed by atoms with E-state index in [0.29, 0.717) is 5.88 Å². The molecule has 1 heterocycles. The van der Waals surface area contributed by atoms with Gasteiger partial charge in [0.1, 0.15) is 12.0 Å². The first kappa shape index (κ1) is 16.5. The van der Waals surface area contributed by atoms with Gasteiger partial charge in [0.05, 0.1) is 0 Å². The minimum Gasteiger partial charge on any atom is -0.474 e. The molecule has 0 bridgehead atoms. The Morgan fingerprint density at radius 2 is 2.09 bits per heavy atom. The predicted octanol–water partition coefficient (Wildman–Crippen LogP) is 1.75. The van der Waals surface area contributed by atoms with E-state index in [1.165, 1.54) is 7.05 Å². The molecular formula is C15H20ClN3O3. The number of alkyl halides is 1. The fraction of sp³-hybridized carbons (Fsp3) is 0.533. The van der Waals surface area contributed by atoms with Crippen molar-refractivity contribution < 1.29 is 14.3 Å². The van der Waals surface area contributed by atoms with Crippen LogP contribution in [0.15, 0.2) is 24.4 Å². The van der Waals surface area contributed by atoms with Crippen molar-refractivity contribution in [1.29, 1.82) is 0 Å². The molecule has 1 N–H and O–H groups in total. The van der Waals surface area contributed by atoms with Gasteiger partial charge >= 0.3 is 0 Å². The summed E-state index contributed by atoms with van der Waals surface area (Å²) in [5, 5.41) is 1.14. The second kappa shape index (κ2) is 7.98. The van der Waals surface area contributed by atoms with Crippen molar-refractivity contribution in [3.05, 3.63) is 24.4 Å². The van der Waals surface area contributed by atoms with Crippen LogP contribution in [-0.2, 0) is 9.59 Å². The van der Waals surface area contributed by atoms with Crippen LogP contribution in [0.25, 0.3) is 0 Å². The Hall–Kier alpha value is -1.82. The smallest absolute Gasteiger partial charge is 0.255 e. The molecule has 1 saturated carbocycles. The number of amides is 2. The molecule has 7 heteroatoms. The monoisotopic (exact) mass is 325 g/mol. The summed E-state index contributed by atoms with van der Waals surface area (Å²) in [6.45, 7) is 0. The molecule has 0 unspecified atom stereocenters. The van der Waals surface area contributed by atoms with Crippen molar-refractivity contribution in [2.24, 2.45) is 5.92 Å². The van der Waals surface area contributed by atoms with Crippen molar-refractivity contribution in [3.63, 3.8) is 0 Å². The topological polar surface area (TPSA) is 71.5 Å². The van der Waals surface area contributed by atoms with E-state index in [1.807, 2.05) is 18.2 Å². The average molecular weight is 326 g/mol. The van der Waals surface area contributed by atoms with Gasteiger partial charge in [-0.1, -0.05) is 6.07 Å². The molecule has 6 nitrogen and oxygen atoms in total. The van der Waals surface area contributed by atoms with Gasteiger partial charge in [0.25, 0.3) is 5.91 Å². The maximum atomic E-state index is 12.1. The summed E-state index contributed by atoms with van der Waals surface area (Å²) >= 11 is 5.45. The van der Waals surface area contributed by atoms with E-state index < -0.39 is 0 Å². The number of nitrogens with zero attached hydrogens (tertiary/aromatic N) is 2. The molecule has 2 rings (SSSR count). The lowest BCUT2D eigenvalue weighted by Gasteiger charge is -2.29. The lowest BCUT2D eigenvalue weighted by Crippen LogP contribution is -2.47. The summed E-state index contributed by atoms with van der Waals surface area (Å²) in [6, 6.07) is 5.55. The van der Waals surface area contributed by atoms with Gasteiger partial charge in [0.2, 0.25) is 11.8 Å². The van der Waals surface area contributed by atoms with Crippen molar-refractivity contribution in [2.45, 2.75) is 31.8 Å². The normalized spacial score (nSPS) is 21.0. The molecule has 0 aliphatic heterocycles. The van der Waals surface area contributed by atoms with Crippen LogP contribution in [0.4, 0.5) is 0 Å². The van der Waals surface area contributed by atoms with Crippen LogP contribution < -0.4 is 10.2 Å². The minimum atomic E-state index is -0.331. The van der Waals surface area contributed by atoms with Gasteiger partial charge < -0.3 is 4.74 Å². The number of halogens is 1. The van der Waals surface area contributed by atoms with Crippen LogP contribution in [0.1, 0.15) is 25.7 Å². The third kappa shape index (κ3) is 4.59. The molecule has 22 heavy (non-hydrogen) atoms. The second-order valence-electron chi connectivity index (χ2n) is 5.32. The number of aromatic nitrogens is 1. The van der Waals surface area contributed by atoms with E-state index in [-0.39, 0.29) is 29.7 Å². The lowest BCUT2D eigenvalue weighted by atomic mass is 9.87. The number of hydrogen-bond acceptors (Lipinski definition) is 4. The van der Waals surface area contributed by atoms with Crippen LogP contribution in [0.3, 0.4) is 0 Å². The van der Waals surface area contributed by atoms with Gasteiger partial charge in [0, 0.05) is 25.2 Å². The number of rotatable bonds is 4. The number of nitrogens with one attached hydrogen (secondary N) is 1. The quantitative estimate of drug-likeness (QED) is 0.676. The van der Waals surface area contributed by atoms with Gasteiger partial charge in [-0.3, -0.25) is 20.0 Å². The zero-order valence-electron chi connectivity index (χ0n) is 12.5. The number of carbonyl (C=O) groups excluding carboxylic acids is 2. The van der Waals surface area contributed by atoms with Crippen molar-refractivity contribution in [3.8, 4) is 5.88 Å². The zero-order chi connectivity index (χ0) is 15.9. The van der Waals surface area contributed by atoms with Crippen LogP contribution in [-0.4, -0.2) is 40.8 Å². The Morgan fingerprint density at radius 1 is 1.36 bits per heavy atom. The summed E-state index contributed by atoms with van der Waals surface area (Å²) < 4.78 is 5.80. The molecule has 0 saturated heterocycles. The number of pyridine rings is 1. The Bertz CT molecular complexity index is 504. The fourth-order valence-corrected chi connectivity index (χ4v) is 2.62. The minimum absolute atomic E-state index is 0.0844. The van der Waals surface area contributed by atoms with Gasteiger partial charge in [-0.25, -0.2) is 4.98 Å². The van der Waals surface area contributed by atoms with Crippen molar-refractivity contribution >= 4 is 23.4 Å². The molecule has 1 fully saturated rings. The summed E-state index contributed by atoms with van der Waals surface area (Å²) in [7, 11) is 1.50. The molecule has 120 valence electrons. The van der Waals surface area contributed by atoms with E-state index in [2.05, 4.69) is 10.4 Å². The molecule has 1 aliphatic carbocycles. The number of carbonyl (C=O) groups is 2. The molecule has 1 aromatic rings. The summed E-state index contributed by atoms with van der Waals surface area (Å²) in [6.07, 6.45) is 4.82. The second-order valence-corrected chi connectivity index (χ2v) is 5.59. The van der Waals surface area contributed by atoms with E-state index in [4.69, 9.17) is 16.3 Å². The molecule has 1 aliphatic rings. The van der Waals surface area contributed by atoms with Crippen LogP contribution in [0, 0.1) is 5.92 Å². The number of hydrazine groups is 1. The summed E-state index contributed by atoms with van der Waals surface area (Å²) in [5.74, 6) is -0.113. The van der Waals surface area contributed by atoms with Crippen LogP contribution in [0.2, 0.25) is 0 Å². The highest BCUT2D eigenvalue weighted by Gasteiger charge is 2.28. The standard InChI is InChI=1S/C15H20ClN3O3/c1-19(14(20)10-16)18-15(21)11-5-7-12(8-6-11)22-13-4-2-3-9-17-13/h2-4,9,11-12H,5-8,10H2,1H3,(H,18,21). The van der Waals surface area contributed by atoms with E-state index in [0.717, 1.165) is 30.7 Å². The maximum Gasteiger partial charge on any atom is 0.255 e. The first-order chi connectivity index (χ1) is 10.6. The molecule has 0 spiro atoms. The van der Waals surface area contributed by atoms with E-state index >= 15 is 0 Å². The van der Waals surface area contributed by atoms with Crippen LogP contribution in [0.5, 0.6) is 5.88 Å². The Labute approximate surface area is 134 Å². The maximum absolute atomic E-state index is 12.1. The lowest BCUT2D eigenvalue weighted by molar-refractivity contribution is -0.140. The summed E-state index contributed by atoms with van der Waals surface area (Å²) in [5.41, 5.74) is 2.57. The predicted molar refractivity (Wildman–Crippen MR) is 82.2 cm³/mol. The molecule has 0 radical (unpaired) electrons. The molecule has 2 amide bonds. The van der Waals surface area contributed by atoms with Crippen molar-refractivity contribution in [1.82, 2.24) is 15.4 Å². The Kier molecular flexibility index (Phi) is 6.00. The van der Waals surface area contributed by atoms with Gasteiger partial charge in [-0.2, -0.15) is 0 Å². The fourth-order valence-electron chi connectivity index (χ4n) is 2.44. The average Bonchev–Trinajstić information content (AvgIpc) is 2.55. The summed E-state index contributed by atoms with van der Waals surface area (Å²) in [4.78, 5) is 27.6. The molecule has 0 aromatic carbocycles. The SMILES string of the molecule is CN(NC(=O)C1CCC(Oc2ccccn2)CC1)C(=O)CCl. The molecule has 0 atom stereocenters. The first-order valence-electron chi connectivity index (χ1n) is 7.31. The molecule has 1 aromatic heterocycles. The Morgan fingerprint density at radius 3 is 2.68 bits per heavy atom. The zero-order valence-corrected chi connectivity index (χ0v) is 13.3.